The van der Waals surface area contributed by atoms with Gasteiger partial charge in [-0.2, -0.15) is 0 Å². The van der Waals surface area contributed by atoms with Crippen molar-refractivity contribution in [3.05, 3.63) is 60.4 Å². The van der Waals surface area contributed by atoms with E-state index in [1.165, 1.54) is 26.6 Å². The largest absolute Gasteiger partial charge is 0.497 e. The molecule has 0 saturated heterocycles. The van der Waals surface area contributed by atoms with Crippen molar-refractivity contribution in [2.45, 2.75) is 0 Å². The number of hydrogen-bond acceptors (Lipinski definition) is 7. The van der Waals surface area contributed by atoms with Gasteiger partial charge in [0.25, 0.3) is 11.8 Å². The van der Waals surface area contributed by atoms with Gasteiger partial charge in [-0.15, -0.1) is 0 Å². The van der Waals surface area contributed by atoms with E-state index < -0.39 is 0 Å². The average molecular weight is 422 g/mol. The van der Waals surface area contributed by atoms with Crippen molar-refractivity contribution in [3.8, 4) is 28.5 Å². The Hall–Kier alpha value is -4.14. The fourth-order valence-electron chi connectivity index (χ4n) is 2.68. The number of aromatic nitrogens is 2. The highest BCUT2D eigenvalue weighted by molar-refractivity contribution is 6.04. The first-order chi connectivity index (χ1) is 15.0. The molecule has 1 aromatic heterocycles. The number of nitrogens with one attached hydrogen (secondary N) is 2. The minimum Gasteiger partial charge on any atom is -0.497 e. The summed E-state index contributed by atoms with van der Waals surface area (Å²) in [5, 5.41) is 5.21. The molecule has 0 radical (unpaired) electrons. The van der Waals surface area contributed by atoms with Crippen LogP contribution in [-0.4, -0.2) is 49.7 Å². The Bertz CT molecular complexity index is 1070. The number of carbonyl (C=O) groups is 2. The molecular formula is C22H22N4O5. The van der Waals surface area contributed by atoms with Crippen LogP contribution >= 0.6 is 0 Å². The minimum atomic E-state index is -0.379. The van der Waals surface area contributed by atoms with E-state index >= 15 is 0 Å². The topological polar surface area (TPSA) is 112 Å². The molecule has 0 bridgehead atoms. The van der Waals surface area contributed by atoms with Crippen LogP contribution in [0.4, 0.5) is 5.82 Å². The van der Waals surface area contributed by atoms with E-state index in [2.05, 4.69) is 20.6 Å². The maximum atomic E-state index is 12.7. The fourth-order valence-corrected chi connectivity index (χ4v) is 2.68. The molecule has 2 amide bonds. The number of likely N-dealkylation sites (N-methyl/N-ethyl adjacent to an activating group) is 1. The standard InChI is InChI=1S/C22H22N4O5/c1-23-21(27)12-31-18-9-6-15(10-19(18)30-3)22(28)26-20-11-17(24-13-25-20)14-4-7-16(29-2)8-5-14/h4-11,13H,12H2,1-3H3,(H,23,27)(H,24,25,26,28). The molecule has 0 aliphatic carbocycles. The minimum absolute atomic E-state index is 0.159. The molecule has 0 aliphatic rings. The maximum Gasteiger partial charge on any atom is 0.257 e. The van der Waals surface area contributed by atoms with Crippen molar-refractivity contribution < 1.29 is 23.8 Å². The summed E-state index contributed by atoms with van der Waals surface area (Å²) in [4.78, 5) is 32.4. The monoisotopic (exact) mass is 422 g/mol. The Labute approximate surface area is 179 Å². The van der Waals surface area contributed by atoms with Crippen LogP contribution in [0.5, 0.6) is 17.2 Å². The first-order valence-corrected chi connectivity index (χ1v) is 9.33. The molecule has 0 unspecified atom stereocenters. The van der Waals surface area contributed by atoms with Gasteiger partial charge in [-0.3, -0.25) is 9.59 Å². The number of nitrogens with zero attached hydrogens (tertiary/aromatic N) is 2. The Balaban J connectivity index is 1.74. The maximum absolute atomic E-state index is 12.7. The molecule has 0 atom stereocenters. The molecule has 31 heavy (non-hydrogen) atoms. The predicted molar refractivity (Wildman–Crippen MR) is 115 cm³/mol. The van der Waals surface area contributed by atoms with Crippen LogP contribution in [0.15, 0.2) is 54.9 Å². The summed E-state index contributed by atoms with van der Waals surface area (Å²) in [7, 11) is 4.57. The first-order valence-electron chi connectivity index (χ1n) is 9.33. The summed E-state index contributed by atoms with van der Waals surface area (Å²) in [6.45, 7) is -0.159. The number of ether oxygens (including phenoxy) is 3. The molecule has 2 aromatic carbocycles. The van der Waals surface area contributed by atoms with Crippen LogP contribution in [0.25, 0.3) is 11.3 Å². The molecule has 9 nitrogen and oxygen atoms in total. The molecule has 0 spiro atoms. The quantitative estimate of drug-likeness (QED) is 0.574. The van der Waals surface area contributed by atoms with Gasteiger partial charge in [0.1, 0.15) is 17.9 Å². The van der Waals surface area contributed by atoms with E-state index in [1.54, 1.807) is 25.3 Å². The molecule has 3 rings (SSSR count). The van der Waals surface area contributed by atoms with Crippen molar-refractivity contribution in [2.75, 3.05) is 33.2 Å². The summed E-state index contributed by atoms with van der Waals surface area (Å²) < 4.78 is 15.9. The van der Waals surface area contributed by atoms with Gasteiger partial charge in [0.15, 0.2) is 18.1 Å². The Morgan fingerprint density at radius 1 is 0.935 bits per heavy atom. The highest BCUT2D eigenvalue weighted by Gasteiger charge is 2.13. The van der Waals surface area contributed by atoms with E-state index in [4.69, 9.17) is 14.2 Å². The van der Waals surface area contributed by atoms with E-state index in [9.17, 15) is 9.59 Å². The third-order valence-electron chi connectivity index (χ3n) is 4.36. The molecule has 0 aliphatic heterocycles. The van der Waals surface area contributed by atoms with Gasteiger partial charge >= 0.3 is 0 Å². The SMILES string of the molecule is CNC(=O)COc1ccc(C(=O)Nc2cc(-c3ccc(OC)cc3)ncn2)cc1OC. The fraction of sp³-hybridized carbons (Fsp3) is 0.182. The molecule has 3 aromatic rings. The lowest BCUT2D eigenvalue weighted by atomic mass is 10.1. The van der Waals surface area contributed by atoms with E-state index in [0.29, 0.717) is 28.6 Å². The highest BCUT2D eigenvalue weighted by atomic mass is 16.5. The van der Waals surface area contributed by atoms with Crippen molar-refractivity contribution in [3.63, 3.8) is 0 Å². The summed E-state index contributed by atoms with van der Waals surface area (Å²) in [6, 6.07) is 13.7. The van der Waals surface area contributed by atoms with E-state index in [0.717, 1.165) is 11.3 Å². The average Bonchev–Trinajstić information content (AvgIpc) is 2.82. The zero-order valence-electron chi connectivity index (χ0n) is 17.3. The zero-order chi connectivity index (χ0) is 22.2. The molecule has 0 fully saturated rings. The van der Waals surface area contributed by atoms with Gasteiger partial charge in [0.05, 0.1) is 19.9 Å². The van der Waals surface area contributed by atoms with Gasteiger partial charge in [0.2, 0.25) is 0 Å². The van der Waals surface area contributed by atoms with Crippen LogP contribution in [0, 0.1) is 0 Å². The summed E-state index contributed by atoms with van der Waals surface area (Å²) in [5.41, 5.74) is 1.86. The number of benzene rings is 2. The predicted octanol–water partition coefficient (Wildman–Crippen LogP) is 2.54. The normalized spacial score (nSPS) is 10.2. The third kappa shape index (κ3) is 5.47. The van der Waals surface area contributed by atoms with Crippen LogP contribution in [-0.2, 0) is 4.79 Å². The van der Waals surface area contributed by atoms with Crippen LogP contribution in [0.1, 0.15) is 10.4 Å². The molecule has 2 N–H and O–H groups in total. The number of hydrogen-bond donors (Lipinski definition) is 2. The molecule has 1 heterocycles. The van der Waals surface area contributed by atoms with Gasteiger partial charge in [-0.1, -0.05) is 0 Å². The number of rotatable bonds is 8. The first kappa shape index (κ1) is 21.6. The van der Waals surface area contributed by atoms with E-state index in [1.807, 2.05) is 24.3 Å². The van der Waals surface area contributed by atoms with Crippen molar-refractivity contribution in [1.82, 2.24) is 15.3 Å². The van der Waals surface area contributed by atoms with Crippen LogP contribution < -0.4 is 24.8 Å². The second-order valence-electron chi connectivity index (χ2n) is 6.30. The Morgan fingerprint density at radius 2 is 1.71 bits per heavy atom. The highest BCUT2D eigenvalue weighted by Crippen LogP contribution is 2.28. The van der Waals surface area contributed by atoms with Crippen LogP contribution in [0.3, 0.4) is 0 Å². The number of amides is 2. The van der Waals surface area contributed by atoms with Crippen molar-refractivity contribution in [2.24, 2.45) is 0 Å². The van der Waals surface area contributed by atoms with Gasteiger partial charge in [0, 0.05) is 24.2 Å². The van der Waals surface area contributed by atoms with Gasteiger partial charge in [-0.05, 0) is 42.5 Å². The second-order valence-corrected chi connectivity index (χ2v) is 6.30. The van der Waals surface area contributed by atoms with Crippen LogP contribution in [0.2, 0.25) is 0 Å². The number of carbonyl (C=O) groups excluding carboxylic acids is 2. The zero-order valence-corrected chi connectivity index (χ0v) is 17.3. The molecule has 9 heteroatoms. The lowest BCUT2D eigenvalue weighted by Crippen LogP contribution is -2.25. The number of anilines is 1. The third-order valence-corrected chi connectivity index (χ3v) is 4.36. The smallest absolute Gasteiger partial charge is 0.257 e. The lowest BCUT2D eigenvalue weighted by Gasteiger charge is -2.12. The molecule has 0 saturated carbocycles. The Morgan fingerprint density at radius 3 is 2.39 bits per heavy atom. The van der Waals surface area contributed by atoms with Gasteiger partial charge < -0.3 is 24.8 Å². The number of methoxy groups -OCH3 is 2. The van der Waals surface area contributed by atoms with E-state index in [-0.39, 0.29) is 18.4 Å². The molecule has 160 valence electrons. The van der Waals surface area contributed by atoms with Gasteiger partial charge in [-0.25, -0.2) is 9.97 Å². The van der Waals surface area contributed by atoms with Crippen molar-refractivity contribution in [1.29, 1.82) is 0 Å². The second kappa shape index (κ2) is 10.1. The summed E-state index contributed by atoms with van der Waals surface area (Å²) >= 11 is 0. The Kier molecular flexibility index (Phi) is 7.00. The summed E-state index contributed by atoms with van der Waals surface area (Å²) in [5.74, 6) is 1.12. The molecular weight excluding hydrogens is 400 g/mol. The summed E-state index contributed by atoms with van der Waals surface area (Å²) in [6.07, 6.45) is 1.38. The lowest BCUT2D eigenvalue weighted by molar-refractivity contribution is -0.122. The van der Waals surface area contributed by atoms with Crippen molar-refractivity contribution >= 4 is 17.6 Å².